The van der Waals surface area contributed by atoms with E-state index in [1.807, 2.05) is 26.1 Å². The predicted molar refractivity (Wildman–Crippen MR) is 131 cm³/mol. The van der Waals surface area contributed by atoms with Crippen LogP contribution in [0.3, 0.4) is 0 Å². The van der Waals surface area contributed by atoms with Crippen LogP contribution in [-0.2, 0) is 6.42 Å². The number of aliphatic imine (C=N–C) groups is 1. The standard InChI is InChI=1S/C23H27N3.C4H10/c1-4-17(15(3)24)18-11-22-19(10-14(18)2)20-12-21(26-23(20)13-25-22)16-8-6-5-7-9-16;1-4(2)3/h4,10-11,13,16,24H,5-9,12H2,1-3H3;4H,1-3H3/b17-4-,24-15?;. The number of allylic oxidation sites excluding steroid dienone is 2. The van der Waals surface area contributed by atoms with E-state index in [2.05, 4.69) is 39.8 Å². The van der Waals surface area contributed by atoms with Gasteiger partial charge in [0, 0.05) is 23.2 Å². The molecule has 1 aliphatic carbocycles. The summed E-state index contributed by atoms with van der Waals surface area (Å²) >= 11 is 0. The summed E-state index contributed by atoms with van der Waals surface area (Å²) in [6.07, 6.45) is 11.6. The van der Waals surface area contributed by atoms with Gasteiger partial charge in [0.15, 0.2) is 0 Å². The normalized spacial score (nSPS) is 16.9. The van der Waals surface area contributed by atoms with Gasteiger partial charge >= 0.3 is 0 Å². The zero-order valence-corrected chi connectivity index (χ0v) is 19.6. The van der Waals surface area contributed by atoms with Crippen molar-refractivity contribution in [3.63, 3.8) is 0 Å². The van der Waals surface area contributed by atoms with Gasteiger partial charge in [-0.15, -0.1) is 0 Å². The number of aryl methyl sites for hydroxylation is 1. The Bertz CT molecular complexity index is 986. The Morgan fingerprint density at radius 2 is 1.80 bits per heavy atom. The van der Waals surface area contributed by atoms with Gasteiger partial charge in [-0.25, -0.2) is 0 Å². The second-order valence-corrected chi connectivity index (χ2v) is 9.48. The van der Waals surface area contributed by atoms with E-state index in [1.165, 1.54) is 54.3 Å². The Balaban J connectivity index is 0.000000589. The van der Waals surface area contributed by atoms with Crippen LogP contribution in [0.4, 0.5) is 5.69 Å². The maximum atomic E-state index is 8.05. The summed E-state index contributed by atoms with van der Waals surface area (Å²) in [6, 6.07) is 4.40. The maximum Gasteiger partial charge on any atom is 0.0854 e. The molecule has 1 N–H and O–H groups in total. The zero-order chi connectivity index (χ0) is 21.8. The van der Waals surface area contributed by atoms with E-state index in [0.29, 0.717) is 11.6 Å². The SMILES string of the molecule is C/C=C(/C(C)=N)c1cc2ncc3c(c2cc1C)CC(C1CCCCC1)=N3.CC(C)C. The monoisotopic (exact) mass is 403 g/mol. The highest BCUT2D eigenvalue weighted by atomic mass is 14.8. The van der Waals surface area contributed by atoms with Crippen LogP contribution in [0.2, 0.25) is 0 Å². The summed E-state index contributed by atoms with van der Waals surface area (Å²) in [5.41, 5.74) is 8.72. The number of hydrogen-bond donors (Lipinski definition) is 1. The molecule has 0 unspecified atom stereocenters. The molecule has 0 saturated heterocycles. The fraction of sp³-hybridized carbons (Fsp3) is 0.519. The molecule has 2 aliphatic rings. The molecule has 30 heavy (non-hydrogen) atoms. The van der Waals surface area contributed by atoms with E-state index in [-0.39, 0.29) is 0 Å². The van der Waals surface area contributed by atoms with Crippen LogP contribution < -0.4 is 0 Å². The van der Waals surface area contributed by atoms with Gasteiger partial charge in [-0.3, -0.25) is 9.98 Å². The summed E-state index contributed by atoms with van der Waals surface area (Å²) in [5.74, 6) is 1.50. The third kappa shape index (κ3) is 4.88. The fourth-order valence-electron chi connectivity index (χ4n) is 4.58. The Morgan fingerprint density at radius 1 is 1.13 bits per heavy atom. The van der Waals surface area contributed by atoms with Crippen molar-refractivity contribution in [3.8, 4) is 0 Å². The third-order valence-electron chi connectivity index (χ3n) is 5.98. The largest absolute Gasteiger partial charge is 0.305 e. The molecule has 4 rings (SSSR count). The smallest absolute Gasteiger partial charge is 0.0854 e. The Morgan fingerprint density at radius 3 is 2.40 bits per heavy atom. The lowest BCUT2D eigenvalue weighted by atomic mass is 9.84. The van der Waals surface area contributed by atoms with Gasteiger partial charge in [-0.2, -0.15) is 0 Å². The number of benzene rings is 1. The Kier molecular flexibility index (Phi) is 7.23. The van der Waals surface area contributed by atoms with Gasteiger partial charge < -0.3 is 5.41 Å². The molecule has 1 aromatic heterocycles. The summed E-state index contributed by atoms with van der Waals surface area (Å²) < 4.78 is 0. The summed E-state index contributed by atoms with van der Waals surface area (Å²) in [6.45, 7) is 12.5. The molecule has 3 nitrogen and oxygen atoms in total. The average Bonchev–Trinajstić information content (AvgIpc) is 3.14. The van der Waals surface area contributed by atoms with E-state index in [1.54, 1.807) is 0 Å². The second-order valence-electron chi connectivity index (χ2n) is 9.48. The molecule has 0 radical (unpaired) electrons. The molecular formula is C27H37N3. The highest BCUT2D eigenvalue weighted by molar-refractivity contribution is 6.22. The molecule has 1 fully saturated rings. The molecule has 2 heterocycles. The van der Waals surface area contributed by atoms with E-state index >= 15 is 0 Å². The molecule has 1 saturated carbocycles. The molecule has 1 aliphatic heterocycles. The van der Waals surface area contributed by atoms with Crippen molar-refractivity contribution in [1.82, 2.24) is 4.98 Å². The number of pyridine rings is 1. The van der Waals surface area contributed by atoms with E-state index in [4.69, 9.17) is 15.4 Å². The lowest BCUT2D eigenvalue weighted by molar-refractivity contribution is 0.437. The zero-order valence-electron chi connectivity index (χ0n) is 19.6. The van der Waals surface area contributed by atoms with Gasteiger partial charge in [-0.05, 0) is 79.8 Å². The quantitative estimate of drug-likeness (QED) is 0.521. The second kappa shape index (κ2) is 9.68. The summed E-state index contributed by atoms with van der Waals surface area (Å²) in [4.78, 5) is 9.67. The van der Waals surface area contributed by atoms with Gasteiger partial charge in [0.1, 0.15) is 0 Å². The van der Waals surface area contributed by atoms with Crippen LogP contribution in [0, 0.1) is 24.2 Å². The molecule has 3 heteroatoms. The first-order chi connectivity index (χ1) is 14.3. The third-order valence-corrected chi connectivity index (χ3v) is 5.98. The van der Waals surface area contributed by atoms with Gasteiger partial charge in [-0.1, -0.05) is 46.1 Å². The molecule has 0 atom stereocenters. The molecule has 2 aromatic rings. The number of rotatable bonds is 3. The van der Waals surface area contributed by atoms with Crippen molar-refractivity contribution in [2.75, 3.05) is 0 Å². The highest BCUT2D eigenvalue weighted by Gasteiger charge is 2.26. The van der Waals surface area contributed by atoms with Gasteiger partial charge in [0.25, 0.3) is 0 Å². The first-order valence-corrected chi connectivity index (χ1v) is 11.5. The fourth-order valence-corrected chi connectivity index (χ4v) is 4.58. The van der Waals surface area contributed by atoms with Crippen molar-refractivity contribution in [3.05, 3.63) is 41.1 Å². The van der Waals surface area contributed by atoms with Crippen LogP contribution in [0.5, 0.6) is 0 Å². The predicted octanol–water partition coefficient (Wildman–Crippen LogP) is 7.86. The van der Waals surface area contributed by atoms with Crippen molar-refractivity contribution in [2.45, 2.75) is 80.1 Å². The summed E-state index contributed by atoms with van der Waals surface area (Å²) in [5, 5.41) is 9.28. The Hall–Kier alpha value is -2.29. The minimum Gasteiger partial charge on any atom is -0.305 e. The van der Waals surface area contributed by atoms with Crippen LogP contribution in [-0.4, -0.2) is 16.4 Å². The van der Waals surface area contributed by atoms with E-state index < -0.39 is 0 Å². The van der Waals surface area contributed by atoms with Crippen molar-refractivity contribution < 1.29 is 0 Å². The van der Waals surface area contributed by atoms with Crippen LogP contribution in [0.15, 0.2) is 29.4 Å². The van der Waals surface area contributed by atoms with E-state index in [0.717, 1.165) is 34.7 Å². The van der Waals surface area contributed by atoms with Crippen LogP contribution >= 0.6 is 0 Å². The first-order valence-electron chi connectivity index (χ1n) is 11.5. The van der Waals surface area contributed by atoms with Gasteiger partial charge in [0.2, 0.25) is 0 Å². The van der Waals surface area contributed by atoms with Crippen molar-refractivity contribution >= 4 is 33.6 Å². The maximum absolute atomic E-state index is 8.05. The number of nitrogens with zero attached hydrogens (tertiary/aromatic N) is 2. The summed E-state index contributed by atoms with van der Waals surface area (Å²) in [7, 11) is 0. The highest BCUT2D eigenvalue weighted by Crippen LogP contribution is 2.38. The molecular weight excluding hydrogens is 366 g/mol. The minimum absolute atomic E-state index is 0.596. The molecule has 0 spiro atoms. The van der Waals surface area contributed by atoms with Crippen molar-refractivity contribution in [1.29, 1.82) is 5.41 Å². The molecule has 0 bridgehead atoms. The molecule has 1 aromatic carbocycles. The van der Waals surface area contributed by atoms with Gasteiger partial charge in [0.05, 0.1) is 17.4 Å². The van der Waals surface area contributed by atoms with E-state index in [9.17, 15) is 0 Å². The lowest BCUT2D eigenvalue weighted by Gasteiger charge is -2.21. The number of fused-ring (bicyclic) bond motifs is 3. The minimum atomic E-state index is 0.596. The topological polar surface area (TPSA) is 49.1 Å². The number of hydrogen-bond acceptors (Lipinski definition) is 3. The van der Waals surface area contributed by atoms with Crippen molar-refractivity contribution in [2.24, 2.45) is 16.8 Å². The number of nitrogens with one attached hydrogen (secondary N) is 1. The van der Waals surface area contributed by atoms with Crippen LogP contribution in [0.25, 0.3) is 16.5 Å². The first kappa shape index (κ1) is 22.4. The molecule has 160 valence electrons. The Labute approximate surface area is 182 Å². The van der Waals surface area contributed by atoms with Crippen LogP contribution in [0.1, 0.15) is 83.4 Å². The average molecular weight is 404 g/mol. The number of aromatic nitrogens is 1. The lowest BCUT2D eigenvalue weighted by Crippen LogP contribution is -2.17. The molecule has 0 amide bonds.